The van der Waals surface area contributed by atoms with E-state index >= 15 is 0 Å². The first-order chi connectivity index (χ1) is 8.54. The van der Waals surface area contributed by atoms with E-state index in [1.807, 2.05) is 0 Å². The van der Waals surface area contributed by atoms with Crippen LogP contribution in [0.2, 0.25) is 0 Å². The summed E-state index contributed by atoms with van der Waals surface area (Å²) in [5.74, 6) is -1.03. The van der Waals surface area contributed by atoms with E-state index in [1.165, 1.54) is 6.20 Å². The number of pyridine rings is 1. The third kappa shape index (κ3) is 3.01. The Bertz CT molecular complexity index is 521. The third-order valence-corrected chi connectivity index (χ3v) is 2.26. The topological polar surface area (TPSA) is 42.4 Å². The average molecular weight is 251 g/mol. The molecule has 1 aromatic heterocycles. The van der Waals surface area contributed by atoms with Crippen LogP contribution in [0.25, 0.3) is 0 Å². The van der Waals surface area contributed by atoms with Crippen LogP contribution >= 0.6 is 0 Å². The van der Waals surface area contributed by atoms with Crippen molar-refractivity contribution in [3.8, 4) is 11.5 Å². The highest BCUT2D eigenvalue weighted by molar-refractivity contribution is 5.31. The summed E-state index contributed by atoms with van der Waals surface area (Å²) in [6, 6.07) is 6.06. The fourth-order valence-corrected chi connectivity index (χ4v) is 1.42. The molecule has 0 aliphatic carbocycles. The lowest BCUT2D eigenvalue weighted by Crippen LogP contribution is -1.95. The van der Waals surface area contributed by atoms with Crippen LogP contribution < -0.4 is 4.74 Å². The van der Waals surface area contributed by atoms with Gasteiger partial charge in [0.25, 0.3) is 0 Å². The van der Waals surface area contributed by atoms with E-state index in [9.17, 15) is 13.9 Å². The molecule has 1 atom stereocenters. The Hall–Kier alpha value is -2.01. The lowest BCUT2D eigenvalue weighted by molar-refractivity contribution is 0.194. The summed E-state index contributed by atoms with van der Waals surface area (Å²) < 4.78 is 31.1. The van der Waals surface area contributed by atoms with Gasteiger partial charge in [-0.3, -0.25) is 4.98 Å². The summed E-state index contributed by atoms with van der Waals surface area (Å²) in [6.07, 6.45) is 0.705. The molecule has 0 radical (unpaired) electrons. The van der Waals surface area contributed by atoms with Crippen molar-refractivity contribution in [3.05, 3.63) is 53.9 Å². The molecule has 94 valence electrons. The van der Waals surface area contributed by atoms with E-state index in [-0.39, 0.29) is 5.75 Å². The highest BCUT2D eigenvalue weighted by atomic mass is 19.1. The summed E-state index contributed by atoms with van der Waals surface area (Å²) >= 11 is 0. The zero-order valence-electron chi connectivity index (χ0n) is 9.60. The third-order valence-electron chi connectivity index (χ3n) is 2.26. The van der Waals surface area contributed by atoms with Gasteiger partial charge in [0.2, 0.25) is 0 Å². The number of rotatable bonds is 3. The summed E-state index contributed by atoms with van der Waals surface area (Å²) in [7, 11) is 0. The number of halogens is 2. The quantitative estimate of drug-likeness (QED) is 0.910. The van der Waals surface area contributed by atoms with E-state index in [2.05, 4.69) is 4.98 Å². The fraction of sp³-hybridized carbons (Fsp3) is 0.154. The fourth-order valence-electron chi connectivity index (χ4n) is 1.42. The van der Waals surface area contributed by atoms with Gasteiger partial charge in [0.1, 0.15) is 23.1 Å². The van der Waals surface area contributed by atoms with Crippen LogP contribution in [0.4, 0.5) is 8.78 Å². The highest BCUT2D eigenvalue weighted by Gasteiger charge is 2.05. The molecule has 0 aliphatic rings. The molecule has 2 rings (SSSR count). The van der Waals surface area contributed by atoms with Crippen LogP contribution in [-0.2, 0) is 0 Å². The number of benzene rings is 1. The number of aromatic nitrogens is 1. The summed E-state index contributed by atoms with van der Waals surface area (Å²) in [5.41, 5.74) is 0.493. The first kappa shape index (κ1) is 12.4. The van der Waals surface area contributed by atoms with Gasteiger partial charge < -0.3 is 9.84 Å². The average Bonchev–Trinajstić information content (AvgIpc) is 2.28. The van der Waals surface area contributed by atoms with Crippen molar-refractivity contribution in [3.63, 3.8) is 0 Å². The summed E-state index contributed by atoms with van der Waals surface area (Å²) in [5, 5.41) is 9.27. The Kier molecular flexibility index (Phi) is 3.53. The molecule has 0 saturated heterocycles. The van der Waals surface area contributed by atoms with Crippen molar-refractivity contribution in [2.45, 2.75) is 13.0 Å². The van der Waals surface area contributed by atoms with E-state index < -0.39 is 17.7 Å². The Morgan fingerprint density at radius 1 is 1.11 bits per heavy atom. The van der Waals surface area contributed by atoms with E-state index in [1.54, 1.807) is 19.1 Å². The molecule has 0 spiro atoms. The molecule has 0 aliphatic heterocycles. The molecule has 0 unspecified atom stereocenters. The van der Waals surface area contributed by atoms with Crippen LogP contribution in [0.15, 0.2) is 36.5 Å². The lowest BCUT2D eigenvalue weighted by atomic mass is 10.2. The second kappa shape index (κ2) is 5.10. The molecule has 0 bridgehead atoms. The predicted molar refractivity (Wildman–Crippen MR) is 61.3 cm³/mol. The Morgan fingerprint density at radius 2 is 1.78 bits per heavy atom. The van der Waals surface area contributed by atoms with Gasteiger partial charge in [0.05, 0.1) is 18.0 Å². The second-order valence-corrected chi connectivity index (χ2v) is 3.80. The van der Waals surface area contributed by atoms with Gasteiger partial charge in [-0.25, -0.2) is 8.78 Å². The van der Waals surface area contributed by atoms with Crippen molar-refractivity contribution in [1.82, 2.24) is 4.98 Å². The molecule has 1 N–H and O–H groups in total. The first-order valence-corrected chi connectivity index (χ1v) is 5.32. The van der Waals surface area contributed by atoms with Gasteiger partial charge in [0.15, 0.2) is 0 Å². The molecule has 1 aromatic carbocycles. The van der Waals surface area contributed by atoms with Crippen molar-refractivity contribution in [2.75, 3.05) is 0 Å². The number of aliphatic hydroxyl groups excluding tert-OH is 1. The van der Waals surface area contributed by atoms with Crippen molar-refractivity contribution >= 4 is 0 Å². The molecule has 2 aromatic rings. The van der Waals surface area contributed by atoms with Gasteiger partial charge in [-0.05, 0) is 19.1 Å². The largest absolute Gasteiger partial charge is 0.456 e. The first-order valence-electron chi connectivity index (χ1n) is 5.32. The zero-order valence-corrected chi connectivity index (χ0v) is 9.60. The minimum atomic E-state index is -0.710. The van der Waals surface area contributed by atoms with Gasteiger partial charge in [-0.15, -0.1) is 0 Å². The molecular weight excluding hydrogens is 240 g/mol. The molecule has 5 heteroatoms. The van der Waals surface area contributed by atoms with Crippen LogP contribution in [0, 0.1) is 11.6 Å². The molecule has 0 amide bonds. The Balaban J connectivity index is 2.18. The number of hydrogen-bond donors (Lipinski definition) is 1. The number of aliphatic hydroxyl groups is 1. The Labute approximate surface area is 103 Å². The maximum atomic E-state index is 12.9. The molecule has 3 nitrogen and oxygen atoms in total. The van der Waals surface area contributed by atoms with Crippen molar-refractivity contribution in [2.24, 2.45) is 0 Å². The highest BCUT2D eigenvalue weighted by Crippen LogP contribution is 2.23. The van der Waals surface area contributed by atoms with Gasteiger partial charge in [-0.1, -0.05) is 0 Å². The number of ether oxygens (including phenoxy) is 1. The maximum Gasteiger partial charge on any atom is 0.145 e. The van der Waals surface area contributed by atoms with E-state index in [0.717, 1.165) is 18.2 Å². The predicted octanol–water partition coefficient (Wildman–Crippen LogP) is 3.21. The van der Waals surface area contributed by atoms with Gasteiger partial charge in [-0.2, -0.15) is 0 Å². The Morgan fingerprint density at radius 3 is 2.28 bits per heavy atom. The lowest BCUT2D eigenvalue weighted by Gasteiger charge is -2.07. The monoisotopic (exact) mass is 251 g/mol. The van der Waals surface area contributed by atoms with Crippen LogP contribution in [0.5, 0.6) is 11.5 Å². The number of hydrogen-bond acceptors (Lipinski definition) is 3. The molecule has 0 saturated carbocycles. The van der Waals surface area contributed by atoms with Gasteiger partial charge in [0, 0.05) is 18.2 Å². The van der Waals surface area contributed by atoms with E-state index in [0.29, 0.717) is 11.4 Å². The molecule has 0 fully saturated rings. The molecular formula is C13H11F2NO2. The zero-order chi connectivity index (χ0) is 13.1. The molecule has 18 heavy (non-hydrogen) atoms. The normalized spacial score (nSPS) is 12.2. The van der Waals surface area contributed by atoms with Gasteiger partial charge >= 0.3 is 0 Å². The van der Waals surface area contributed by atoms with Crippen LogP contribution in [0.3, 0.4) is 0 Å². The van der Waals surface area contributed by atoms with E-state index in [4.69, 9.17) is 4.74 Å². The number of nitrogens with zero attached hydrogens (tertiary/aromatic N) is 1. The minimum Gasteiger partial charge on any atom is -0.456 e. The van der Waals surface area contributed by atoms with Crippen molar-refractivity contribution in [1.29, 1.82) is 0 Å². The smallest absolute Gasteiger partial charge is 0.145 e. The second-order valence-electron chi connectivity index (χ2n) is 3.80. The standard InChI is InChI=1S/C13H11F2NO2/c1-8(17)13-3-2-11(7-16-13)18-12-5-9(14)4-10(15)6-12/h2-8,17H,1H3/t8-/m0/s1. The van der Waals surface area contributed by atoms with Crippen molar-refractivity contribution < 1.29 is 18.6 Å². The van der Waals surface area contributed by atoms with Crippen LogP contribution in [0.1, 0.15) is 18.7 Å². The minimum absolute atomic E-state index is 0.0547. The summed E-state index contributed by atoms with van der Waals surface area (Å²) in [4.78, 5) is 3.96. The maximum absolute atomic E-state index is 12.9. The van der Waals surface area contributed by atoms with Crippen LogP contribution in [-0.4, -0.2) is 10.1 Å². The summed E-state index contributed by atoms with van der Waals surface area (Å²) in [6.45, 7) is 1.59. The SMILES string of the molecule is C[C@H](O)c1ccc(Oc2cc(F)cc(F)c2)cn1. The molecule has 1 heterocycles.